The van der Waals surface area contributed by atoms with Crippen LogP contribution in [0.5, 0.6) is 0 Å². The number of likely N-dealkylation sites (N-methyl/N-ethyl adjacent to an activating group) is 1. The summed E-state index contributed by atoms with van der Waals surface area (Å²) in [4.78, 5) is 15.1. The van der Waals surface area contributed by atoms with Crippen LogP contribution in [0.3, 0.4) is 0 Å². The SMILES string of the molecule is Cc1sccc1CC(=O)N(C)Cc1cccc(Cl)c1. The fourth-order valence-corrected chi connectivity index (χ4v) is 2.83. The molecule has 0 unspecified atom stereocenters. The summed E-state index contributed by atoms with van der Waals surface area (Å²) in [6, 6.07) is 9.62. The molecule has 0 fully saturated rings. The van der Waals surface area contributed by atoms with Crippen LogP contribution in [-0.2, 0) is 17.8 Å². The van der Waals surface area contributed by atoms with Gasteiger partial charge in [-0.2, -0.15) is 0 Å². The van der Waals surface area contributed by atoms with E-state index < -0.39 is 0 Å². The van der Waals surface area contributed by atoms with Gasteiger partial charge in [-0.15, -0.1) is 11.3 Å². The molecule has 0 aliphatic rings. The Labute approximate surface area is 122 Å². The molecule has 100 valence electrons. The predicted molar refractivity (Wildman–Crippen MR) is 80.7 cm³/mol. The molecule has 0 atom stereocenters. The Morgan fingerprint density at radius 1 is 1.37 bits per heavy atom. The highest BCUT2D eigenvalue weighted by atomic mass is 35.5. The molecule has 2 nitrogen and oxygen atoms in total. The first-order chi connectivity index (χ1) is 9.06. The van der Waals surface area contributed by atoms with Crippen molar-refractivity contribution in [3.05, 3.63) is 56.7 Å². The van der Waals surface area contributed by atoms with Crippen LogP contribution in [-0.4, -0.2) is 17.9 Å². The number of benzene rings is 1. The van der Waals surface area contributed by atoms with E-state index in [0.29, 0.717) is 18.0 Å². The van der Waals surface area contributed by atoms with Gasteiger partial charge in [-0.3, -0.25) is 4.79 Å². The monoisotopic (exact) mass is 293 g/mol. The van der Waals surface area contributed by atoms with Crippen molar-refractivity contribution in [1.29, 1.82) is 0 Å². The zero-order chi connectivity index (χ0) is 13.8. The van der Waals surface area contributed by atoms with Crippen molar-refractivity contribution in [2.24, 2.45) is 0 Å². The van der Waals surface area contributed by atoms with Gasteiger partial charge in [-0.25, -0.2) is 0 Å². The van der Waals surface area contributed by atoms with Gasteiger partial charge in [-0.1, -0.05) is 23.7 Å². The van der Waals surface area contributed by atoms with Crippen molar-refractivity contribution in [2.45, 2.75) is 19.9 Å². The first-order valence-corrected chi connectivity index (χ1v) is 7.33. The van der Waals surface area contributed by atoms with Crippen LogP contribution in [0.1, 0.15) is 16.0 Å². The van der Waals surface area contributed by atoms with Gasteiger partial charge in [0.15, 0.2) is 0 Å². The van der Waals surface area contributed by atoms with E-state index in [1.807, 2.05) is 49.7 Å². The van der Waals surface area contributed by atoms with E-state index in [4.69, 9.17) is 11.6 Å². The van der Waals surface area contributed by atoms with Crippen LogP contribution in [0.25, 0.3) is 0 Å². The Morgan fingerprint density at radius 2 is 2.16 bits per heavy atom. The molecule has 2 aromatic rings. The van der Waals surface area contributed by atoms with Gasteiger partial charge in [0.1, 0.15) is 0 Å². The van der Waals surface area contributed by atoms with Crippen LogP contribution < -0.4 is 0 Å². The summed E-state index contributed by atoms with van der Waals surface area (Å²) in [5, 5.41) is 2.72. The summed E-state index contributed by atoms with van der Waals surface area (Å²) in [5.41, 5.74) is 2.17. The van der Waals surface area contributed by atoms with Gasteiger partial charge >= 0.3 is 0 Å². The second-order valence-corrected chi connectivity index (χ2v) is 6.12. The molecule has 0 spiro atoms. The summed E-state index contributed by atoms with van der Waals surface area (Å²) >= 11 is 7.62. The van der Waals surface area contributed by atoms with E-state index in [1.165, 1.54) is 4.88 Å². The highest BCUT2D eigenvalue weighted by Crippen LogP contribution is 2.17. The van der Waals surface area contributed by atoms with E-state index in [1.54, 1.807) is 16.2 Å². The van der Waals surface area contributed by atoms with Crippen LogP contribution in [0.2, 0.25) is 5.02 Å². The Hall–Kier alpha value is -1.32. The minimum absolute atomic E-state index is 0.126. The number of aryl methyl sites for hydroxylation is 1. The number of hydrogen-bond acceptors (Lipinski definition) is 2. The third kappa shape index (κ3) is 3.82. The summed E-state index contributed by atoms with van der Waals surface area (Å²) in [6.07, 6.45) is 0.465. The highest BCUT2D eigenvalue weighted by molar-refractivity contribution is 7.10. The number of amides is 1. The maximum absolute atomic E-state index is 12.1. The number of hydrogen-bond donors (Lipinski definition) is 0. The lowest BCUT2D eigenvalue weighted by atomic mass is 10.1. The highest BCUT2D eigenvalue weighted by Gasteiger charge is 2.12. The molecule has 0 saturated heterocycles. The topological polar surface area (TPSA) is 20.3 Å². The summed E-state index contributed by atoms with van der Waals surface area (Å²) in [7, 11) is 1.82. The Bertz CT molecular complexity index is 579. The van der Waals surface area contributed by atoms with E-state index in [-0.39, 0.29) is 5.91 Å². The quantitative estimate of drug-likeness (QED) is 0.837. The molecular formula is C15H16ClNOS. The fourth-order valence-electron chi connectivity index (χ4n) is 1.89. The van der Waals surface area contributed by atoms with E-state index in [9.17, 15) is 4.79 Å². The smallest absolute Gasteiger partial charge is 0.227 e. The van der Waals surface area contributed by atoms with E-state index in [2.05, 4.69) is 0 Å². The molecule has 0 aliphatic carbocycles. The first kappa shape index (κ1) is 14.1. The molecule has 1 heterocycles. The number of halogens is 1. The zero-order valence-corrected chi connectivity index (χ0v) is 12.6. The molecule has 0 radical (unpaired) electrons. The third-order valence-electron chi connectivity index (χ3n) is 3.04. The lowest BCUT2D eigenvalue weighted by molar-refractivity contribution is -0.129. The average molecular weight is 294 g/mol. The largest absolute Gasteiger partial charge is 0.341 e. The predicted octanol–water partition coefficient (Wildman–Crippen LogP) is 3.91. The van der Waals surface area contributed by atoms with Crippen molar-refractivity contribution in [3.8, 4) is 0 Å². The Balaban J connectivity index is 1.98. The average Bonchev–Trinajstić information content (AvgIpc) is 2.75. The number of nitrogens with zero attached hydrogens (tertiary/aromatic N) is 1. The normalized spacial score (nSPS) is 10.5. The van der Waals surface area contributed by atoms with Crippen LogP contribution in [0.15, 0.2) is 35.7 Å². The summed E-state index contributed by atoms with van der Waals surface area (Å²) in [6.45, 7) is 2.63. The van der Waals surface area contributed by atoms with Gasteiger partial charge in [0.25, 0.3) is 0 Å². The molecule has 0 aliphatic heterocycles. The summed E-state index contributed by atoms with van der Waals surface area (Å²) in [5.74, 6) is 0.126. The molecular weight excluding hydrogens is 278 g/mol. The number of carbonyl (C=O) groups excluding carboxylic acids is 1. The standard InChI is InChI=1S/C15H16ClNOS/c1-11-13(6-7-19-11)9-15(18)17(2)10-12-4-3-5-14(16)8-12/h3-8H,9-10H2,1-2H3. The Morgan fingerprint density at radius 3 is 2.79 bits per heavy atom. The molecule has 1 aromatic carbocycles. The first-order valence-electron chi connectivity index (χ1n) is 6.07. The maximum Gasteiger partial charge on any atom is 0.227 e. The molecule has 0 bridgehead atoms. The minimum Gasteiger partial charge on any atom is -0.341 e. The number of thiophene rings is 1. The lowest BCUT2D eigenvalue weighted by Crippen LogP contribution is -2.27. The molecule has 19 heavy (non-hydrogen) atoms. The molecule has 0 saturated carbocycles. The van der Waals surface area contributed by atoms with Crippen molar-refractivity contribution < 1.29 is 4.79 Å². The zero-order valence-electron chi connectivity index (χ0n) is 11.0. The fraction of sp³-hybridized carbons (Fsp3) is 0.267. The molecule has 1 amide bonds. The van der Waals surface area contributed by atoms with Crippen molar-refractivity contribution >= 4 is 28.8 Å². The van der Waals surface area contributed by atoms with Gasteiger partial charge in [0, 0.05) is 23.5 Å². The Kier molecular flexibility index (Phi) is 4.61. The van der Waals surface area contributed by atoms with Gasteiger partial charge in [0.05, 0.1) is 6.42 Å². The van der Waals surface area contributed by atoms with E-state index >= 15 is 0 Å². The lowest BCUT2D eigenvalue weighted by Gasteiger charge is -2.17. The molecule has 0 N–H and O–H groups in total. The minimum atomic E-state index is 0.126. The molecule has 4 heteroatoms. The second kappa shape index (κ2) is 6.22. The maximum atomic E-state index is 12.1. The van der Waals surface area contributed by atoms with Gasteiger partial charge in [0.2, 0.25) is 5.91 Å². The second-order valence-electron chi connectivity index (χ2n) is 4.56. The van der Waals surface area contributed by atoms with Crippen LogP contribution in [0, 0.1) is 6.92 Å². The van der Waals surface area contributed by atoms with Crippen molar-refractivity contribution in [3.63, 3.8) is 0 Å². The van der Waals surface area contributed by atoms with Crippen LogP contribution >= 0.6 is 22.9 Å². The molecule has 2 rings (SSSR count). The molecule has 1 aromatic heterocycles. The van der Waals surface area contributed by atoms with E-state index in [0.717, 1.165) is 11.1 Å². The van der Waals surface area contributed by atoms with Gasteiger partial charge < -0.3 is 4.90 Å². The number of rotatable bonds is 4. The van der Waals surface area contributed by atoms with Gasteiger partial charge in [-0.05, 0) is 41.6 Å². The van der Waals surface area contributed by atoms with Crippen LogP contribution in [0.4, 0.5) is 0 Å². The number of carbonyl (C=O) groups is 1. The van der Waals surface area contributed by atoms with Crippen molar-refractivity contribution in [1.82, 2.24) is 4.90 Å². The van der Waals surface area contributed by atoms with Crippen molar-refractivity contribution in [2.75, 3.05) is 7.05 Å². The summed E-state index contributed by atoms with van der Waals surface area (Å²) < 4.78 is 0. The third-order valence-corrected chi connectivity index (χ3v) is 4.17.